The van der Waals surface area contributed by atoms with E-state index in [-0.39, 0.29) is 17.6 Å². The lowest BCUT2D eigenvalue weighted by atomic mass is 10.2. The molecule has 0 aliphatic rings. The molecule has 0 unspecified atom stereocenters. The van der Waals surface area contributed by atoms with Crippen LogP contribution in [0.4, 0.5) is 5.69 Å². The number of aliphatic hydroxyl groups excluding tert-OH is 1. The Kier molecular flexibility index (Phi) is 5.25. The molecule has 2 rings (SSSR count). The van der Waals surface area contributed by atoms with Crippen molar-refractivity contribution in [1.29, 1.82) is 0 Å². The van der Waals surface area contributed by atoms with Gasteiger partial charge in [-0.25, -0.2) is 0 Å². The molecule has 6 heteroatoms. The maximum atomic E-state index is 11.7. The summed E-state index contributed by atoms with van der Waals surface area (Å²) < 4.78 is 5.07. The van der Waals surface area contributed by atoms with Gasteiger partial charge in [-0.1, -0.05) is 12.1 Å². The van der Waals surface area contributed by atoms with E-state index in [0.29, 0.717) is 11.4 Å². The largest absolute Gasteiger partial charge is 0.465 e. The van der Waals surface area contributed by atoms with Crippen molar-refractivity contribution >= 4 is 35.0 Å². The van der Waals surface area contributed by atoms with Crippen molar-refractivity contribution in [3.05, 3.63) is 60.1 Å². The van der Waals surface area contributed by atoms with Crippen LogP contribution in [0.5, 0.6) is 0 Å². The van der Waals surface area contributed by atoms with Gasteiger partial charge in [0, 0.05) is 11.8 Å². The van der Waals surface area contributed by atoms with Gasteiger partial charge in [0.15, 0.2) is 5.11 Å². The molecule has 21 heavy (non-hydrogen) atoms. The number of anilines is 1. The van der Waals surface area contributed by atoms with Crippen molar-refractivity contribution in [2.45, 2.75) is 6.61 Å². The van der Waals surface area contributed by atoms with E-state index < -0.39 is 0 Å². The highest BCUT2D eigenvalue weighted by Gasteiger charge is 2.02. The van der Waals surface area contributed by atoms with E-state index in [1.807, 2.05) is 0 Å². The van der Waals surface area contributed by atoms with Crippen LogP contribution in [-0.2, 0) is 11.4 Å². The van der Waals surface area contributed by atoms with Gasteiger partial charge in [-0.3, -0.25) is 10.1 Å². The zero-order valence-electron chi connectivity index (χ0n) is 11.1. The number of aliphatic hydroxyl groups is 1. The number of hydrogen-bond acceptors (Lipinski definition) is 4. The zero-order valence-corrected chi connectivity index (χ0v) is 11.9. The number of thiocarbonyl (C=S) groups is 1. The topological polar surface area (TPSA) is 74.5 Å². The van der Waals surface area contributed by atoms with Crippen LogP contribution >= 0.6 is 12.2 Å². The summed E-state index contributed by atoms with van der Waals surface area (Å²) in [4.78, 5) is 11.7. The van der Waals surface area contributed by atoms with E-state index in [1.165, 1.54) is 12.3 Å². The third-order valence-corrected chi connectivity index (χ3v) is 2.75. The molecule has 0 spiro atoms. The molecule has 0 atom stereocenters. The standard InChI is InChI=1S/C15H14N2O3S/c18-10-11-3-1-4-12(9-11)16-15(21)17-14(19)7-6-13-5-2-8-20-13/h1-9,18H,10H2,(H2,16,17,19,21). The van der Waals surface area contributed by atoms with E-state index in [2.05, 4.69) is 10.6 Å². The molecule has 0 saturated heterocycles. The number of rotatable bonds is 4. The minimum atomic E-state index is -0.359. The highest BCUT2D eigenvalue weighted by Crippen LogP contribution is 2.10. The Morgan fingerprint density at radius 3 is 2.90 bits per heavy atom. The van der Waals surface area contributed by atoms with E-state index >= 15 is 0 Å². The van der Waals surface area contributed by atoms with Crippen molar-refractivity contribution in [3.63, 3.8) is 0 Å². The van der Waals surface area contributed by atoms with Gasteiger partial charge in [0.1, 0.15) is 5.76 Å². The van der Waals surface area contributed by atoms with E-state index in [4.69, 9.17) is 21.7 Å². The highest BCUT2D eigenvalue weighted by atomic mass is 32.1. The lowest BCUT2D eigenvalue weighted by Gasteiger charge is -2.08. The van der Waals surface area contributed by atoms with Crippen LogP contribution < -0.4 is 10.6 Å². The Morgan fingerprint density at radius 2 is 2.19 bits per heavy atom. The number of carbonyl (C=O) groups is 1. The van der Waals surface area contributed by atoms with Gasteiger partial charge < -0.3 is 14.8 Å². The van der Waals surface area contributed by atoms with E-state index in [0.717, 1.165) is 5.56 Å². The molecule has 1 amide bonds. The maximum absolute atomic E-state index is 11.7. The van der Waals surface area contributed by atoms with E-state index in [1.54, 1.807) is 42.5 Å². The van der Waals surface area contributed by atoms with Crippen molar-refractivity contribution in [1.82, 2.24) is 5.32 Å². The van der Waals surface area contributed by atoms with Crippen LogP contribution in [0, 0.1) is 0 Å². The van der Waals surface area contributed by atoms with Gasteiger partial charge in [-0.05, 0) is 48.1 Å². The molecule has 1 heterocycles. The molecular weight excluding hydrogens is 288 g/mol. The van der Waals surface area contributed by atoms with Crippen molar-refractivity contribution in [2.75, 3.05) is 5.32 Å². The molecule has 0 saturated carbocycles. The minimum absolute atomic E-state index is 0.0550. The molecule has 5 nitrogen and oxygen atoms in total. The summed E-state index contributed by atoms with van der Waals surface area (Å²) in [5, 5.41) is 14.6. The number of carbonyl (C=O) groups excluding carboxylic acids is 1. The molecule has 0 aliphatic carbocycles. The summed E-state index contributed by atoms with van der Waals surface area (Å²) in [5.41, 5.74) is 1.45. The van der Waals surface area contributed by atoms with Crippen molar-refractivity contribution < 1.29 is 14.3 Å². The van der Waals surface area contributed by atoms with Gasteiger partial charge in [0.2, 0.25) is 5.91 Å². The fourth-order valence-electron chi connectivity index (χ4n) is 1.61. The third kappa shape index (κ3) is 4.87. The Balaban J connectivity index is 1.87. The molecule has 3 N–H and O–H groups in total. The quantitative estimate of drug-likeness (QED) is 0.597. The lowest BCUT2D eigenvalue weighted by molar-refractivity contribution is -0.115. The van der Waals surface area contributed by atoms with Gasteiger partial charge in [0.05, 0.1) is 12.9 Å². The number of benzene rings is 1. The summed E-state index contributed by atoms with van der Waals surface area (Å²) in [6.45, 7) is -0.0550. The van der Waals surface area contributed by atoms with Crippen molar-refractivity contribution in [3.8, 4) is 0 Å². The van der Waals surface area contributed by atoms with E-state index in [9.17, 15) is 4.79 Å². The maximum Gasteiger partial charge on any atom is 0.250 e. The highest BCUT2D eigenvalue weighted by molar-refractivity contribution is 7.80. The van der Waals surface area contributed by atoms with Gasteiger partial charge in [-0.15, -0.1) is 0 Å². The fourth-order valence-corrected chi connectivity index (χ4v) is 1.83. The molecule has 1 aromatic carbocycles. The summed E-state index contributed by atoms with van der Waals surface area (Å²) in [6.07, 6.45) is 4.40. The summed E-state index contributed by atoms with van der Waals surface area (Å²) in [7, 11) is 0. The third-order valence-electron chi connectivity index (χ3n) is 2.55. The Bertz CT molecular complexity index is 651. The predicted octanol–water partition coefficient (Wildman–Crippen LogP) is 2.30. The van der Waals surface area contributed by atoms with Gasteiger partial charge >= 0.3 is 0 Å². The monoisotopic (exact) mass is 302 g/mol. The molecule has 0 aliphatic heterocycles. The number of amides is 1. The fraction of sp³-hybridized carbons (Fsp3) is 0.0667. The molecular formula is C15H14N2O3S. The van der Waals surface area contributed by atoms with Crippen LogP contribution in [0.3, 0.4) is 0 Å². The second-order valence-corrected chi connectivity index (χ2v) is 4.56. The van der Waals surface area contributed by atoms with Gasteiger partial charge in [-0.2, -0.15) is 0 Å². The van der Waals surface area contributed by atoms with Crippen LogP contribution in [-0.4, -0.2) is 16.1 Å². The van der Waals surface area contributed by atoms with Gasteiger partial charge in [0.25, 0.3) is 0 Å². The molecule has 0 fully saturated rings. The summed E-state index contributed by atoms with van der Waals surface area (Å²) >= 11 is 5.04. The second-order valence-electron chi connectivity index (χ2n) is 4.15. The first-order valence-corrected chi connectivity index (χ1v) is 6.61. The normalized spacial score (nSPS) is 10.5. The Labute approximate surface area is 127 Å². The smallest absolute Gasteiger partial charge is 0.250 e. The molecule has 2 aromatic rings. The molecule has 0 bridgehead atoms. The Hall–Kier alpha value is -2.44. The van der Waals surface area contributed by atoms with Crippen LogP contribution in [0.25, 0.3) is 6.08 Å². The second kappa shape index (κ2) is 7.37. The first kappa shape index (κ1) is 15.0. The molecule has 0 radical (unpaired) electrons. The summed E-state index contributed by atoms with van der Waals surface area (Å²) in [5.74, 6) is 0.224. The number of nitrogens with one attached hydrogen (secondary N) is 2. The zero-order chi connectivity index (χ0) is 15.1. The number of furan rings is 1. The Morgan fingerprint density at radius 1 is 1.33 bits per heavy atom. The average Bonchev–Trinajstić information content (AvgIpc) is 2.98. The molecule has 108 valence electrons. The number of hydrogen-bond donors (Lipinski definition) is 3. The van der Waals surface area contributed by atoms with Crippen molar-refractivity contribution in [2.24, 2.45) is 0 Å². The van der Waals surface area contributed by atoms with Crippen LogP contribution in [0.15, 0.2) is 53.2 Å². The lowest BCUT2D eigenvalue weighted by Crippen LogP contribution is -2.32. The van der Waals surface area contributed by atoms with Crippen LogP contribution in [0.2, 0.25) is 0 Å². The molecule has 1 aromatic heterocycles. The van der Waals surface area contributed by atoms with Crippen LogP contribution in [0.1, 0.15) is 11.3 Å². The summed E-state index contributed by atoms with van der Waals surface area (Å²) in [6, 6.07) is 10.6. The minimum Gasteiger partial charge on any atom is -0.465 e. The first-order chi connectivity index (χ1) is 10.2. The predicted molar refractivity (Wildman–Crippen MR) is 84.5 cm³/mol. The average molecular weight is 302 g/mol. The first-order valence-electron chi connectivity index (χ1n) is 6.21. The SMILES string of the molecule is O=C(C=Cc1ccco1)NC(=S)Nc1cccc(CO)c1.